The molecule has 0 radical (unpaired) electrons. The number of anilines is 1. The first-order valence-electron chi connectivity index (χ1n) is 10.0. The Bertz CT molecular complexity index is 1030. The van der Waals surface area contributed by atoms with Gasteiger partial charge < -0.3 is 14.4 Å². The Labute approximate surface area is 190 Å². The zero-order chi connectivity index (χ0) is 21.9. The second-order valence-corrected chi connectivity index (χ2v) is 7.87. The Morgan fingerprint density at radius 1 is 1.13 bits per heavy atom. The number of aromatic nitrogens is 1. The van der Waals surface area contributed by atoms with Gasteiger partial charge in [-0.25, -0.2) is 4.98 Å². The number of benzene rings is 2. The molecule has 3 aromatic rings. The molecule has 1 aromatic heterocycles. The molecule has 31 heavy (non-hydrogen) atoms. The Morgan fingerprint density at radius 3 is 2.71 bits per heavy atom. The minimum absolute atomic E-state index is 0.420. The molecule has 0 spiro atoms. The number of alkyl halides is 1. The van der Waals surface area contributed by atoms with Gasteiger partial charge >= 0.3 is 0 Å². The monoisotopic (exact) mass is 457 g/mol. The van der Waals surface area contributed by atoms with Gasteiger partial charge in [-0.15, -0.1) is 21.8 Å². The fraction of sp³-hybridized carbons (Fsp3) is 0.364. The lowest BCUT2D eigenvalue weighted by Gasteiger charge is -2.23. The van der Waals surface area contributed by atoms with Gasteiger partial charge in [0.2, 0.25) is 5.13 Å². The van der Waals surface area contributed by atoms with Gasteiger partial charge in [0.15, 0.2) is 0 Å². The first-order chi connectivity index (χ1) is 15.2. The van der Waals surface area contributed by atoms with Crippen LogP contribution in [0.4, 0.5) is 16.5 Å². The second kappa shape index (κ2) is 12.2. The molecule has 0 unspecified atom stereocenters. The molecule has 0 N–H and O–H groups in total. The molecular formula is C22H24ClN5O2S. The SMILES string of the molecule is CCN(CCOCCC#N)c1ccc(N=Nc2nc3ccc(OCCCl)cc3s2)cc1. The number of likely N-dealkylation sites (N-methyl/N-ethyl adjacent to an activating group) is 1. The van der Waals surface area contributed by atoms with Gasteiger partial charge in [0.1, 0.15) is 12.4 Å². The smallest absolute Gasteiger partial charge is 0.231 e. The highest BCUT2D eigenvalue weighted by Gasteiger charge is 2.06. The van der Waals surface area contributed by atoms with Crippen LogP contribution in [0.3, 0.4) is 0 Å². The van der Waals surface area contributed by atoms with E-state index in [1.165, 1.54) is 11.3 Å². The number of halogens is 1. The molecule has 0 amide bonds. The van der Waals surface area contributed by atoms with Crippen LogP contribution in [-0.4, -0.2) is 43.8 Å². The molecule has 0 saturated carbocycles. The summed E-state index contributed by atoms with van der Waals surface area (Å²) in [5.74, 6) is 1.22. The van der Waals surface area contributed by atoms with Crippen molar-refractivity contribution in [3.8, 4) is 11.8 Å². The van der Waals surface area contributed by atoms with E-state index in [2.05, 4.69) is 33.1 Å². The Hall–Kier alpha value is -2.73. The van der Waals surface area contributed by atoms with E-state index in [1.807, 2.05) is 42.5 Å². The van der Waals surface area contributed by atoms with Crippen molar-refractivity contribution in [3.05, 3.63) is 42.5 Å². The highest BCUT2D eigenvalue weighted by molar-refractivity contribution is 7.21. The normalized spacial score (nSPS) is 11.1. The van der Waals surface area contributed by atoms with Crippen LogP contribution in [0.5, 0.6) is 5.75 Å². The lowest BCUT2D eigenvalue weighted by molar-refractivity contribution is 0.146. The molecule has 0 aliphatic heterocycles. The minimum Gasteiger partial charge on any atom is -0.492 e. The van der Waals surface area contributed by atoms with Crippen LogP contribution < -0.4 is 9.64 Å². The fourth-order valence-electron chi connectivity index (χ4n) is 2.88. The van der Waals surface area contributed by atoms with Gasteiger partial charge in [-0.3, -0.25) is 0 Å². The largest absolute Gasteiger partial charge is 0.492 e. The van der Waals surface area contributed by atoms with E-state index in [0.717, 1.165) is 40.4 Å². The molecule has 0 fully saturated rings. The third-order valence-electron chi connectivity index (χ3n) is 4.41. The lowest BCUT2D eigenvalue weighted by Crippen LogP contribution is -2.27. The van der Waals surface area contributed by atoms with Gasteiger partial charge in [0.05, 0.1) is 47.5 Å². The van der Waals surface area contributed by atoms with E-state index in [9.17, 15) is 0 Å². The first-order valence-corrected chi connectivity index (χ1v) is 11.4. The van der Waals surface area contributed by atoms with Crippen molar-refractivity contribution in [1.82, 2.24) is 4.98 Å². The predicted octanol–water partition coefficient (Wildman–Crippen LogP) is 6.09. The molecular weight excluding hydrogens is 434 g/mol. The number of hydrogen-bond donors (Lipinski definition) is 0. The number of fused-ring (bicyclic) bond motifs is 1. The van der Waals surface area contributed by atoms with Crippen LogP contribution in [0.1, 0.15) is 13.3 Å². The van der Waals surface area contributed by atoms with Crippen LogP contribution >= 0.6 is 22.9 Å². The first kappa shape index (κ1) is 22.9. The standard InChI is InChI=1S/C22H24ClN5O2S/c1-2-28(12-15-29-13-3-11-24)18-6-4-17(5-7-18)26-27-22-25-20-9-8-19(30-14-10-23)16-21(20)31-22/h4-9,16H,2-3,10,12-15H2,1H3. The molecule has 2 aromatic carbocycles. The van der Waals surface area contributed by atoms with Crippen molar-refractivity contribution in [3.63, 3.8) is 0 Å². The van der Waals surface area contributed by atoms with Crippen LogP contribution in [0, 0.1) is 11.3 Å². The zero-order valence-corrected chi connectivity index (χ0v) is 18.9. The fourth-order valence-corrected chi connectivity index (χ4v) is 3.77. The number of ether oxygens (including phenoxy) is 2. The summed E-state index contributed by atoms with van der Waals surface area (Å²) in [6, 6.07) is 15.7. The topological polar surface area (TPSA) is 83.1 Å². The number of thiazole rings is 1. The minimum atomic E-state index is 0.420. The molecule has 0 bridgehead atoms. The van der Waals surface area contributed by atoms with Crippen LogP contribution in [0.25, 0.3) is 10.2 Å². The summed E-state index contributed by atoms with van der Waals surface area (Å²) >= 11 is 7.13. The Morgan fingerprint density at radius 2 is 1.97 bits per heavy atom. The highest BCUT2D eigenvalue weighted by Crippen LogP contribution is 2.32. The van der Waals surface area contributed by atoms with Gasteiger partial charge in [0, 0.05) is 18.8 Å². The van der Waals surface area contributed by atoms with E-state index in [1.54, 1.807) is 0 Å². The summed E-state index contributed by atoms with van der Waals surface area (Å²) in [5, 5.41) is 17.7. The average Bonchev–Trinajstić information content (AvgIpc) is 3.21. The van der Waals surface area contributed by atoms with Crippen molar-refractivity contribution in [1.29, 1.82) is 5.26 Å². The molecule has 0 aliphatic carbocycles. The molecule has 162 valence electrons. The lowest BCUT2D eigenvalue weighted by atomic mass is 10.2. The Balaban J connectivity index is 1.60. The van der Waals surface area contributed by atoms with E-state index in [4.69, 9.17) is 26.3 Å². The molecule has 1 heterocycles. The molecule has 7 nitrogen and oxygen atoms in total. The number of rotatable bonds is 12. The van der Waals surface area contributed by atoms with E-state index >= 15 is 0 Å². The summed E-state index contributed by atoms with van der Waals surface area (Å²) in [7, 11) is 0. The summed E-state index contributed by atoms with van der Waals surface area (Å²) in [6.07, 6.45) is 0.420. The summed E-state index contributed by atoms with van der Waals surface area (Å²) in [4.78, 5) is 6.71. The second-order valence-electron chi connectivity index (χ2n) is 6.48. The van der Waals surface area contributed by atoms with Crippen molar-refractivity contribution < 1.29 is 9.47 Å². The summed E-state index contributed by atoms with van der Waals surface area (Å²) < 4.78 is 12.0. The van der Waals surface area contributed by atoms with Crippen molar-refractivity contribution in [2.24, 2.45) is 10.2 Å². The van der Waals surface area contributed by atoms with Crippen LogP contribution in [0.2, 0.25) is 0 Å². The van der Waals surface area contributed by atoms with Gasteiger partial charge in [-0.1, -0.05) is 11.3 Å². The third kappa shape index (κ3) is 6.89. The maximum atomic E-state index is 8.55. The maximum absolute atomic E-state index is 8.55. The number of hydrogen-bond acceptors (Lipinski definition) is 8. The molecule has 0 aliphatic rings. The van der Waals surface area contributed by atoms with E-state index in [0.29, 0.717) is 37.3 Å². The number of nitriles is 1. The van der Waals surface area contributed by atoms with Crippen molar-refractivity contribution in [2.75, 3.05) is 43.7 Å². The van der Waals surface area contributed by atoms with Crippen molar-refractivity contribution >= 4 is 49.7 Å². The van der Waals surface area contributed by atoms with Crippen LogP contribution in [-0.2, 0) is 4.74 Å². The predicted molar refractivity (Wildman–Crippen MR) is 125 cm³/mol. The summed E-state index contributed by atoms with van der Waals surface area (Å²) in [5.41, 5.74) is 2.72. The van der Waals surface area contributed by atoms with E-state index < -0.39 is 0 Å². The molecule has 0 saturated heterocycles. The average molecular weight is 458 g/mol. The molecule has 0 atom stereocenters. The zero-order valence-electron chi connectivity index (χ0n) is 17.3. The third-order valence-corrected chi connectivity index (χ3v) is 5.46. The Kier molecular flexibility index (Phi) is 9.03. The van der Waals surface area contributed by atoms with E-state index in [-0.39, 0.29) is 0 Å². The van der Waals surface area contributed by atoms with Gasteiger partial charge in [-0.05, 0) is 49.4 Å². The highest BCUT2D eigenvalue weighted by atomic mass is 35.5. The number of nitrogens with zero attached hydrogens (tertiary/aromatic N) is 5. The van der Waals surface area contributed by atoms with Gasteiger partial charge in [-0.2, -0.15) is 5.26 Å². The van der Waals surface area contributed by atoms with Gasteiger partial charge in [0.25, 0.3) is 0 Å². The quantitative estimate of drug-likeness (QED) is 0.187. The summed E-state index contributed by atoms with van der Waals surface area (Å²) in [6.45, 7) is 5.27. The molecule has 3 rings (SSSR count). The molecule has 9 heteroatoms. The van der Waals surface area contributed by atoms with Crippen LogP contribution in [0.15, 0.2) is 52.7 Å². The van der Waals surface area contributed by atoms with Crippen molar-refractivity contribution in [2.45, 2.75) is 13.3 Å². The maximum Gasteiger partial charge on any atom is 0.231 e. The number of azo groups is 1.